The molecule has 246 valence electrons. The minimum atomic E-state index is -3.53. The monoisotopic (exact) mass is 655 g/mol. The topological polar surface area (TPSA) is 132 Å². The summed E-state index contributed by atoms with van der Waals surface area (Å²) in [6.45, 7) is 4.09. The average molecular weight is 656 g/mol. The van der Waals surface area contributed by atoms with Crippen LogP contribution in [0.3, 0.4) is 0 Å². The molecule has 3 N–H and O–H groups in total. The molecule has 15 heteroatoms. The fraction of sp³-hybridized carbons (Fsp3) is 0.452. The summed E-state index contributed by atoms with van der Waals surface area (Å²) in [5.74, 6) is 0.678. The van der Waals surface area contributed by atoms with Crippen molar-refractivity contribution in [1.82, 2.24) is 29.7 Å². The van der Waals surface area contributed by atoms with Gasteiger partial charge in [0.15, 0.2) is 27.4 Å². The molecule has 2 aliphatic rings. The third kappa shape index (κ3) is 7.16. The maximum absolute atomic E-state index is 13.6. The van der Waals surface area contributed by atoms with Crippen molar-refractivity contribution in [3.05, 3.63) is 48.8 Å². The number of nitrogens with one attached hydrogen (secondary N) is 3. The highest BCUT2D eigenvalue weighted by molar-refractivity contribution is 7.90. The van der Waals surface area contributed by atoms with Crippen LogP contribution in [0.5, 0.6) is 5.75 Å². The van der Waals surface area contributed by atoms with E-state index in [4.69, 9.17) is 4.74 Å². The molecule has 0 unspecified atom stereocenters. The zero-order chi connectivity index (χ0) is 32.3. The van der Waals surface area contributed by atoms with Crippen LogP contribution in [0.25, 0.3) is 11.2 Å². The number of rotatable bonds is 11. The molecule has 0 saturated carbocycles. The number of nitrogens with zero attached hydrogens (tertiary/aromatic N) is 6. The van der Waals surface area contributed by atoms with Crippen molar-refractivity contribution in [3.8, 4) is 5.75 Å². The number of aromatic nitrogens is 4. The van der Waals surface area contributed by atoms with E-state index in [2.05, 4.69) is 52.3 Å². The first kappa shape index (κ1) is 31.9. The number of halogens is 2. The van der Waals surface area contributed by atoms with Gasteiger partial charge in [0.2, 0.25) is 5.95 Å². The lowest BCUT2D eigenvalue weighted by molar-refractivity contribution is 0.0982. The molecule has 4 aromatic rings. The van der Waals surface area contributed by atoms with E-state index in [-0.39, 0.29) is 22.4 Å². The van der Waals surface area contributed by atoms with E-state index in [0.29, 0.717) is 28.6 Å². The first-order chi connectivity index (χ1) is 22.2. The molecule has 2 saturated heterocycles. The Morgan fingerprint density at radius 3 is 2.43 bits per heavy atom. The van der Waals surface area contributed by atoms with Crippen LogP contribution in [-0.4, -0.2) is 116 Å². The number of alkyl halides is 2. The maximum atomic E-state index is 13.6. The van der Waals surface area contributed by atoms with Gasteiger partial charge in [0.05, 0.1) is 22.6 Å². The fourth-order valence-electron chi connectivity index (χ4n) is 5.99. The molecular weight excluding hydrogens is 616 g/mol. The smallest absolute Gasteiger partial charge is 0.231 e. The van der Waals surface area contributed by atoms with Crippen molar-refractivity contribution in [2.24, 2.45) is 0 Å². The lowest BCUT2D eigenvalue weighted by Crippen LogP contribution is -2.52. The first-order valence-electron chi connectivity index (χ1n) is 15.4. The SMILES string of the molecule is CN1CCN(C2CCN(c3ccc(Nc4nc(Nc5ccccc5S(C)(=O)=O)c5[nH]cnc5n4)c(OC(CF)CF)c3)CC2)CC1. The predicted molar refractivity (Wildman–Crippen MR) is 175 cm³/mol. The molecule has 2 fully saturated rings. The van der Waals surface area contributed by atoms with E-state index < -0.39 is 29.3 Å². The second-order valence-electron chi connectivity index (χ2n) is 11.8. The number of hydrogen-bond donors (Lipinski definition) is 3. The molecular formula is C31H39F2N9O3S. The van der Waals surface area contributed by atoms with Crippen LogP contribution >= 0.6 is 0 Å². The number of ether oxygens (including phenoxy) is 1. The number of para-hydroxylation sites is 1. The van der Waals surface area contributed by atoms with Gasteiger partial charge in [-0.3, -0.25) is 4.90 Å². The summed E-state index contributed by atoms with van der Waals surface area (Å²) in [4.78, 5) is 23.7. The molecule has 2 aliphatic heterocycles. The Balaban J connectivity index is 1.25. The predicted octanol–water partition coefficient (Wildman–Crippen LogP) is 4.15. The van der Waals surface area contributed by atoms with Crippen molar-refractivity contribution < 1.29 is 21.9 Å². The number of imidazole rings is 1. The molecule has 0 bridgehead atoms. The average Bonchev–Trinajstić information content (AvgIpc) is 3.54. The van der Waals surface area contributed by atoms with Crippen molar-refractivity contribution in [2.45, 2.75) is 29.9 Å². The van der Waals surface area contributed by atoms with Gasteiger partial charge in [-0.25, -0.2) is 22.2 Å². The van der Waals surface area contributed by atoms with Crippen LogP contribution in [0.2, 0.25) is 0 Å². The van der Waals surface area contributed by atoms with Crippen LogP contribution < -0.4 is 20.3 Å². The second kappa shape index (κ2) is 13.7. The van der Waals surface area contributed by atoms with Crippen LogP contribution in [0.4, 0.5) is 37.6 Å². The van der Waals surface area contributed by atoms with Gasteiger partial charge in [0.1, 0.15) is 24.6 Å². The van der Waals surface area contributed by atoms with Crippen molar-refractivity contribution in [3.63, 3.8) is 0 Å². The van der Waals surface area contributed by atoms with Crippen molar-refractivity contribution in [2.75, 3.05) is 81.5 Å². The maximum Gasteiger partial charge on any atom is 0.231 e. The first-order valence-corrected chi connectivity index (χ1v) is 17.3. The van der Waals surface area contributed by atoms with Gasteiger partial charge < -0.3 is 30.2 Å². The highest BCUT2D eigenvalue weighted by Gasteiger charge is 2.27. The lowest BCUT2D eigenvalue weighted by atomic mass is 10.0. The summed E-state index contributed by atoms with van der Waals surface area (Å²) >= 11 is 0. The van der Waals surface area contributed by atoms with E-state index in [0.717, 1.165) is 64.1 Å². The summed E-state index contributed by atoms with van der Waals surface area (Å²) in [6.07, 6.45) is 3.40. The minimum Gasteiger partial charge on any atom is -0.483 e. The largest absolute Gasteiger partial charge is 0.483 e. The number of piperazine rings is 1. The van der Waals surface area contributed by atoms with Gasteiger partial charge in [-0.2, -0.15) is 9.97 Å². The molecule has 6 rings (SSSR count). The Morgan fingerprint density at radius 2 is 1.72 bits per heavy atom. The fourth-order valence-corrected chi connectivity index (χ4v) is 6.83. The molecule has 0 radical (unpaired) electrons. The standard InChI is InChI=1S/C31H39F2N9O3S/c1-40-13-15-42(16-14-40)21-9-11-41(12-10-21)22-7-8-24(26(17-22)45-23(18-32)19-33)37-31-38-29-28(34-20-35-29)30(39-31)36-25-5-3-4-6-27(25)46(2,43)44/h3-8,17,20-21,23H,9-16,18-19H2,1-2H3,(H3,34,35,36,37,38,39). The van der Waals surface area contributed by atoms with Crippen molar-refractivity contribution in [1.29, 1.82) is 0 Å². The quantitative estimate of drug-likeness (QED) is 0.215. The van der Waals surface area contributed by atoms with E-state index in [9.17, 15) is 17.2 Å². The number of likely N-dealkylation sites (N-methyl/N-ethyl adjacent to an activating group) is 1. The molecule has 0 spiro atoms. The highest BCUT2D eigenvalue weighted by Crippen LogP contribution is 2.35. The number of benzene rings is 2. The van der Waals surface area contributed by atoms with Gasteiger partial charge in [-0.15, -0.1) is 0 Å². The van der Waals surface area contributed by atoms with Crippen LogP contribution in [0, 0.1) is 0 Å². The molecule has 12 nitrogen and oxygen atoms in total. The summed E-state index contributed by atoms with van der Waals surface area (Å²) in [6, 6.07) is 12.6. The highest BCUT2D eigenvalue weighted by atomic mass is 32.2. The summed E-state index contributed by atoms with van der Waals surface area (Å²) < 4.78 is 57.9. The molecule has 0 amide bonds. The van der Waals surface area contributed by atoms with E-state index in [1.165, 1.54) is 12.4 Å². The van der Waals surface area contributed by atoms with Crippen molar-refractivity contribution >= 4 is 49.8 Å². The lowest BCUT2D eigenvalue weighted by Gasteiger charge is -2.42. The number of aromatic amines is 1. The summed E-state index contributed by atoms with van der Waals surface area (Å²) in [5, 5.41) is 6.23. The number of fused-ring (bicyclic) bond motifs is 1. The zero-order valence-corrected chi connectivity index (χ0v) is 26.7. The third-order valence-electron chi connectivity index (χ3n) is 8.56. The summed E-state index contributed by atoms with van der Waals surface area (Å²) in [5.41, 5.74) is 2.45. The zero-order valence-electron chi connectivity index (χ0n) is 25.9. The third-order valence-corrected chi connectivity index (χ3v) is 9.71. The number of hydrogen-bond acceptors (Lipinski definition) is 11. The van der Waals surface area contributed by atoms with Gasteiger partial charge in [-0.1, -0.05) is 12.1 Å². The van der Waals surface area contributed by atoms with Crippen LogP contribution in [-0.2, 0) is 9.84 Å². The Hall–Kier alpha value is -4.08. The molecule has 2 aromatic carbocycles. The second-order valence-corrected chi connectivity index (χ2v) is 13.8. The molecule has 4 heterocycles. The normalized spacial score (nSPS) is 17.1. The molecule has 46 heavy (non-hydrogen) atoms. The van der Waals surface area contributed by atoms with Gasteiger partial charge >= 0.3 is 0 Å². The van der Waals surface area contributed by atoms with Gasteiger partial charge in [0.25, 0.3) is 0 Å². The number of sulfone groups is 1. The van der Waals surface area contributed by atoms with Crippen LogP contribution in [0.15, 0.2) is 53.7 Å². The molecule has 0 atom stereocenters. The van der Waals surface area contributed by atoms with E-state index >= 15 is 0 Å². The number of anilines is 5. The molecule has 2 aromatic heterocycles. The Labute approximate surface area is 267 Å². The van der Waals surface area contributed by atoms with E-state index in [1.54, 1.807) is 30.3 Å². The van der Waals surface area contributed by atoms with Gasteiger partial charge in [-0.05, 0) is 44.2 Å². The number of H-pyrrole nitrogens is 1. The Morgan fingerprint density at radius 1 is 0.978 bits per heavy atom. The number of piperidine rings is 1. The van der Waals surface area contributed by atoms with Crippen LogP contribution in [0.1, 0.15) is 12.8 Å². The Bertz CT molecular complexity index is 1750. The van der Waals surface area contributed by atoms with E-state index in [1.807, 2.05) is 6.07 Å². The minimum absolute atomic E-state index is 0.109. The summed E-state index contributed by atoms with van der Waals surface area (Å²) in [7, 11) is -1.37. The molecule has 0 aliphatic carbocycles. The Kier molecular flexibility index (Phi) is 9.52. The van der Waals surface area contributed by atoms with Gasteiger partial charge in [0, 0.05) is 63.3 Å².